The normalized spacial score (nSPS) is 17.4. The minimum atomic E-state index is -1.12. The van der Waals surface area contributed by atoms with E-state index in [4.69, 9.17) is 4.74 Å². The maximum absolute atomic E-state index is 13.7. The second kappa shape index (κ2) is 12.3. The van der Waals surface area contributed by atoms with Crippen molar-refractivity contribution >= 4 is 50.2 Å². The van der Waals surface area contributed by atoms with Crippen molar-refractivity contribution in [3.05, 3.63) is 59.2 Å². The third kappa shape index (κ3) is 6.36. The number of aliphatic hydroxyl groups excluding tert-OH is 1. The van der Waals surface area contributed by atoms with Gasteiger partial charge in [0.1, 0.15) is 28.6 Å². The largest absolute Gasteiger partial charge is 0.496 e. The first-order valence-corrected chi connectivity index (χ1v) is 14.6. The Kier molecular flexibility index (Phi) is 8.55. The van der Waals surface area contributed by atoms with E-state index >= 15 is 0 Å². The van der Waals surface area contributed by atoms with Gasteiger partial charge in [0.05, 0.1) is 23.4 Å². The number of para-hydroxylation sites is 1. The van der Waals surface area contributed by atoms with Crippen LogP contribution in [0, 0.1) is 11.8 Å². The topological polar surface area (TPSA) is 145 Å². The summed E-state index contributed by atoms with van der Waals surface area (Å²) in [6, 6.07) is 13.1. The monoisotopic (exact) mass is 577 g/mol. The Labute approximate surface area is 241 Å². The quantitative estimate of drug-likeness (QED) is 0.184. The second-order valence-electron chi connectivity index (χ2n) is 10.9. The molecule has 11 heteroatoms. The summed E-state index contributed by atoms with van der Waals surface area (Å²) in [5, 5.41) is 21.3. The van der Waals surface area contributed by atoms with Crippen LogP contribution in [0.3, 0.4) is 0 Å². The number of rotatable bonds is 11. The summed E-state index contributed by atoms with van der Waals surface area (Å²) in [5.74, 6) is -0.559. The first kappa shape index (κ1) is 28.6. The number of benzene rings is 2. The van der Waals surface area contributed by atoms with E-state index in [1.807, 2.05) is 56.3 Å². The summed E-state index contributed by atoms with van der Waals surface area (Å²) in [5.41, 5.74) is 1.81. The molecule has 0 aliphatic carbocycles. The molecule has 2 aromatic carbocycles. The highest BCUT2D eigenvalue weighted by Crippen LogP contribution is 2.31. The molecule has 4 atom stereocenters. The summed E-state index contributed by atoms with van der Waals surface area (Å²) in [6.45, 7) is 4.50. The minimum absolute atomic E-state index is 0.0954. The van der Waals surface area contributed by atoms with Gasteiger partial charge in [-0.1, -0.05) is 32.0 Å². The molecule has 1 saturated heterocycles. The molecule has 2 aromatic heterocycles. The summed E-state index contributed by atoms with van der Waals surface area (Å²) in [4.78, 5) is 47.1. The van der Waals surface area contributed by atoms with Crippen molar-refractivity contribution in [1.29, 1.82) is 0 Å². The summed E-state index contributed by atoms with van der Waals surface area (Å²) in [7, 11) is 1.57. The molecule has 1 aliphatic rings. The lowest BCUT2D eigenvalue weighted by atomic mass is 9.94. The summed E-state index contributed by atoms with van der Waals surface area (Å²) >= 11 is 1.35. The van der Waals surface area contributed by atoms with Crippen LogP contribution in [0.25, 0.3) is 21.1 Å². The van der Waals surface area contributed by atoms with Gasteiger partial charge in [-0.25, -0.2) is 4.98 Å². The van der Waals surface area contributed by atoms with Crippen molar-refractivity contribution in [3.63, 3.8) is 0 Å². The number of aliphatic hydroxyl groups is 1. The van der Waals surface area contributed by atoms with E-state index in [1.165, 1.54) is 11.3 Å². The molecule has 0 saturated carbocycles. The first-order chi connectivity index (χ1) is 19.7. The zero-order valence-corrected chi connectivity index (χ0v) is 24.1. The van der Waals surface area contributed by atoms with Crippen molar-refractivity contribution in [2.24, 2.45) is 11.8 Å². The van der Waals surface area contributed by atoms with Crippen LogP contribution in [-0.2, 0) is 9.59 Å². The van der Waals surface area contributed by atoms with Gasteiger partial charge in [-0.3, -0.25) is 14.4 Å². The van der Waals surface area contributed by atoms with Crippen LogP contribution in [-0.4, -0.2) is 58.5 Å². The second-order valence-corrected chi connectivity index (χ2v) is 11.9. The number of hydrogen-bond acceptors (Lipinski definition) is 7. The van der Waals surface area contributed by atoms with Gasteiger partial charge in [-0.2, -0.15) is 0 Å². The molecule has 1 aliphatic heterocycles. The van der Waals surface area contributed by atoms with Gasteiger partial charge in [0.2, 0.25) is 11.8 Å². The number of aromatic amines is 1. The van der Waals surface area contributed by atoms with E-state index in [1.54, 1.807) is 13.2 Å². The number of fused-ring (bicyclic) bond motifs is 2. The van der Waals surface area contributed by atoms with Crippen LogP contribution in [0.5, 0.6) is 5.75 Å². The Balaban J connectivity index is 1.37. The Hall–Kier alpha value is -3.96. The molecule has 41 heavy (non-hydrogen) atoms. The van der Waals surface area contributed by atoms with Crippen molar-refractivity contribution < 1.29 is 24.2 Å². The highest BCUT2D eigenvalue weighted by Gasteiger charge is 2.35. The molecular formula is C30H35N5O5S. The van der Waals surface area contributed by atoms with E-state index in [0.29, 0.717) is 35.8 Å². The molecular weight excluding hydrogens is 542 g/mol. The minimum Gasteiger partial charge on any atom is -0.496 e. The fourth-order valence-corrected chi connectivity index (χ4v) is 6.30. The average Bonchev–Trinajstić information content (AvgIpc) is 3.69. The SMILES string of the molecule is COc1cccc2[nH]c(C(=O)N[C@@H](CC(C)C)C(=O)N[C@@H](C[C@@H]3CCNC3=O)[C@H](O)c3nc4ccccc4s3)cc12. The highest BCUT2D eigenvalue weighted by molar-refractivity contribution is 7.18. The van der Waals surface area contributed by atoms with E-state index in [2.05, 4.69) is 25.9 Å². The maximum Gasteiger partial charge on any atom is 0.268 e. The molecule has 3 amide bonds. The molecule has 5 N–H and O–H groups in total. The molecule has 216 valence electrons. The number of methoxy groups -OCH3 is 1. The lowest BCUT2D eigenvalue weighted by Gasteiger charge is -2.28. The van der Waals surface area contributed by atoms with Gasteiger partial charge in [-0.15, -0.1) is 11.3 Å². The average molecular weight is 578 g/mol. The van der Waals surface area contributed by atoms with Gasteiger partial charge < -0.3 is 30.8 Å². The predicted octanol–water partition coefficient (Wildman–Crippen LogP) is 3.68. The smallest absolute Gasteiger partial charge is 0.268 e. The zero-order valence-electron chi connectivity index (χ0n) is 23.3. The van der Waals surface area contributed by atoms with E-state index < -0.39 is 30.0 Å². The number of ether oxygens (including phenoxy) is 1. The Morgan fingerprint density at radius 3 is 2.68 bits per heavy atom. The molecule has 0 unspecified atom stereocenters. The maximum atomic E-state index is 13.7. The number of carbonyl (C=O) groups excluding carboxylic acids is 3. The lowest BCUT2D eigenvalue weighted by Crippen LogP contribution is -2.52. The molecule has 4 aromatic rings. The van der Waals surface area contributed by atoms with Crippen molar-refractivity contribution in [2.45, 2.75) is 51.3 Å². The van der Waals surface area contributed by atoms with Crippen molar-refractivity contribution in [2.75, 3.05) is 13.7 Å². The van der Waals surface area contributed by atoms with Crippen LogP contribution in [0.4, 0.5) is 0 Å². The number of nitrogens with zero attached hydrogens (tertiary/aromatic N) is 1. The van der Waals surface area contributed by atoms with Gasteiger partial charge >= 0.3 is 0 Å². The van der Waals surface area contributed by atoms with E-state index in [0.717, 1.165) is 21.1 Å². The lowest BCUT2D eigenvalue weighted by molar-refractivity contribution is -0.127. The predicted molar refractivity (Wildman–Crippen MR) is 158 cm³/mol. The Bertz CT molecular complexity index is 1530. The standard InChI is InChI=1S/C30H35N5O5S/c1-16(2)13-22(34-29(39)23-15-18-19(32-23)8-6-9-24(18)40-3)28(38)33-21(14-17-11-12-31-27(17)37)26(36)30-35-20-7-4-5-10-25(20)41-30/h4-10,15-17,21-22,26,32,36H,11-14H2,1-3H3,(H,31,37)(H,33,38)(H,34,39)/t17-,21-,22-,26-/m0/s1. The fourth-order valence-electron chi connectivity index (χ4n) is 5.28. The van der Waals surface area contributed by atoms with Crippen LogP contribution in [0.15, 0.2) is 48.5 Å². The van der Waals surface area contributed by atoms with Crippen LogP contribution in [0.2, 0.25) is 0 Å². The van der Waals surface area contributed by atoms with E-state index in [9.17, 15) is 19.5 Å². The number of nitrogens with one attached hydrogen (secondary N) is 4. The molecule has 0 spiro atoms. The summed E-state index contributed by atoms with van der Waals surface area (Å²) in [6.07, 6.45) is 0.128. The first-order valence-electron chi connectivity index (χ1n) is 13.8. The Morgan fingerprint density at radius 1 is 1.17 bits per heavy atom. The van der Waals surface area contributed by atoms with Crippen LogP contribution >= 0.6 is 11.3 Å². The number of amides is 3. The molecule has 3 heterocycles. The number of aromatic nitrogens is 2. The summed E-state index contributed by atoms with van der Waals surface area (Å²) < 4.78 is 6.33. The Morgan fingerprint density at radius 2 is 1.98 bits per heavy atom. The van der Waals surface area contributed by atoms with Gasteiger partial charge in [0.25, 0.3) is 5.91 Å². The third-order valence-electron chi connectivity index (χ3n) is 7.39. The zero-order chi connectivity index (χ0) is 29.1. The van der Waals surface area contributed by atoms with Crippen LogP contribution < -0.4 is 20.7 Å². The van der Waals surface area contributed by atoms with Gasteiger partial charge in [-0.05, 0) is 55.5 Å². The molecule has 1 fully saturated rings. The molecule has 5 rings (SSSR count). The number of thiazole rings is 1. The van der Waals surface area contributed by atoms with E-state index in [-0.39, 0.29) is 24.2 Å². The van der Waals surface area contributed by atoms with Crippen molar-refractivity contribution in [3.8, 4) is 5.75 Å². The molecule has 0 radical (unpaired) electrons. The third-order valence-corrected chi connectivity index (χ3v) is 8.50. The number of carbonyl (C=O) groups is 3. The van der Waals surface area contributed by atoms with Crippen molar-refractivity contribution in [1.82, 2.24) is 25.9 Å². The van der Waals surface area contributed by atoms with Gasteiger partial charge in [0, 0.05) is 23.4 Å². The number of H-pyrrole nitrogens is 1. The van der Waals surface area contributed by atoms with Crippen LogP contribution in [0.1, 0.15) is 54.7 Å². The molecule has 0 bridgehead atoms. The molecule has 10 nitrogen and oxygen atoms in total. The number of hydrogen-bond donors (Lipinski definition) is 5. The van der Waals surface area contributed by atoms with Gasteiger partial charge in [0.15, 0.2) is 0 Å². The highest BCUT2D eigenvalue weighted by atomic mass is 32.1. The fraction of sp³-hybridized carbons (Fsp3) is 0.400.